The van der Waals surface area contributed by atoms with E-state index in [-0.39, 0.29) is 11.5 Å². The Balaban J connectivity index is 1.29. The number of pyridine rings is 1. The van der Waals surface area contributed by atoms with Gasteiger partial charge in [0.1, 0.15) is 11.2 Å². The van der Waals surface area contributed by atoms with E-state index >= 15 is 0 Å². The van der Waals surface area contributed by atoms with Crippen LogP contribution in [0, 0.1) is 11.3 Å². The average Bonchev–Trinajstić information content (AvgIpc) is 3.18. The van der Waals surface area contributed by atoms with Crippen molar-refractivity contribution >= 4 is 11.6 Å². The van der Waals surface area contributed by atoms with E-state index in [0.717, 1.165) is 57.6 Å². The first-order valence-corrected chi connectivity index (χ1v) is 10.2. The van der Waals surface area contributed by atoms with E-state index in [4.69, 9.17) is 0 Å². The van der Waals surface area contributed by atoms with Crippen LogP contribution < -0.4 is 10.9 Å². The molecular formula is C21H26N6O2. The number of carbonyl (C=O) groups excluding carboxylic acids is 1. The second-order valence-electron chi connectivity index (χ2n) is 8.02. The molecule has 0 unspecified atom stereocenters. The van der Waals surface area contributed by atoms with E-state index in [0.29, 0.717) is 18.7 Å². The monoisotopic (exact) mass is 394 g/mol. The number of aromatic nitrogens is 2. The molecule has 0 radical (unpaired) electrons. The van der Waals surface area contributed by atoms with Crippen LogP contribution in [-0.4, -0.2) is 63.4 Å². The van der Waals surface area contributed by atoms with Crippen LogP contribution in [0.1, 0.15) is 31.4 Å². The van der Waals surface area contributed by atoms with Crippen LogP contribution in [0.15, 0.2) is 35.3 Å². The third kappa shape index (κ3) is 4.47. The van der Waals surface area contributed by atoms with Gasteiger partial charge in [-0.2, -0.15) is 5.26 Å². The van der Waals surface area contributed by atoms with Crippen LogP contribution in [0.4, 0.5) is 0 Å². The van der Waals surface area contributed by atoms with E-state index in [1.807, 2.05) is 18.2 Å². The average molecular weight is 394 g/mol. The largest absolute Gasteiger partial charge is 0.337 e. The minimum Gasteiger partial charge on any atom is -0.337 e. The number of hydrogen-bond acceptors (Lipinski definition) is 6. The van der Waals surface area contributed by atoms with Gasteiger partial charge in [-0.1, -0.05) is 6.07 Å². The summed E-state index contributed by atoms with van der Waals surface area (Å²) < 4.78 is 1.54. The number of nitriles is 1. The fourth-order valence-electron chi connectivity index (χ4n) is 4.27. The number of nitrogens with zero attached hydrogens (tertiary/aromatic N) is 5. The van der Waals surface area contributed by atoms with Crippen LogP contribution in [0.2, 0.25) is 0 Å². The normalized spacial score (nSPS) is 19.8. The van der Waals surface area contributed by atoms with Crippen molar-refractivity contribution in [2.24, 2.45) is 0 Å². The van der Waals surface area contributed by atoms with Crippen molar-refractivity contribution in [1.29, 1.82) is 5.26 Å². The first-order valence-electron chi connectivity index (χ1n) is 10.2. The van der Waals surface area contributed by atoms with Crippen LogP contribution in [0.5, 0.6) is 0 Å². The highest BCUT2D eigenvalue weighted by Gasteiger charge is 2.35. The molecule has 1 saturated heterocycles. The van der Waals surface area contributed by atoms with Crippen molar-refractivity contribution in [2.45, 2.75) is 37.8 Å². The number of amides is 1. The lowest BCUT2D eigenvalue weighted by atomic mass is 10.00. The lowest BCUT2D eigenvalue weighted by Gasteiger charge is -2.34. The first kappa shape index (κ1) is 19.6. The molecule has 1 saturated carbocycles. The number of rotatable bonds is 5. The molecule has 1 N–H and O–H groups in total. The number of hydrogen-bond donors (Lipinski definition) is 1. The highest BCUT2D eigenvalue weighted by atomic mass is 16.2. The van der Waals surface area contributed by atoms with Gasteiger partial charge in [0, 0.05) is 45.0 Å². The third-order valence-corrected chi connectivity index (χ3v) is 5.89. The Kier molecular flexibility index (Phi) is 5.60. The van der Waals surface area contributed by atoms with Crippen LogP contribution in [0.3, 0.4) is 0 Å². The summed E-state index contributed by atoms with van der Waals surface area (Å²) in [6, 6.07) is 9.42. The van der Waals surface area contributed by atoms with Crippen molar-refractivity contribution in [2.75, 3.05) is 32.7 Å². The quantitative estimate of drug-likeness (QED) is 0.805. The molecule has 0 aromatic carbocycles. The van der Waals surface area contributed by atoms with Gasteiger partial charge >= 0.3 is 0 Å². The summed E-state index contributed by atoms with van der Waals surface area (Å²) in [5.74, 6) is -0.0638. The van der Waals surface area contributed by atoms with E-state index in [1.165, 1.54) is 0 Å². The predicted octanol–water partition coefficient (Wildman–Crippen LogP) is 0.765. The molecule has 1 aliphatic heterocycles. The fourth-order valence-corrected chi connectivity index (χ4v) is 4.27. The van der Waals surface area contributed by atoms with Crippen molar-refractivity contribution in [3.63, 3.8) is 0 Å². The van der Waals surface area contributed by atoms with Crippen LogP contribution in [-0.2, 0) is 11.3 Å². The van der Waals surface area contributed by atoms with Gasteiger partial charge in [-0.05, 0) is 37.8 Å². The lowest BCUT2D eigenvalue weighted by molar-refractivity contribution is -0.124. The van der Waals surface area contributed by atoms with Gasteiger partial charge in [-0.15, -0.1) is 0 Å². The second kappa shape index (κ2) is 8.31. The molecule has 4 rings (SSSR count). The molecule has 8 heteroatoms. The molecule has 8 nitrogen and oxygen atoms in total. The zero-order valence-corrected chi connectivity index (χ0v) is 16.5. The molecule has 2 fully saturated rings. The van der Waals surface area contributed by atoms with Crippen molar-refractivity contribution in [1.82, 2.24) is 24.5 Å². The van der Waals surface area contributed by atoms with Crippen LogP contribution in [0.25, 0.3) is 5.65 Å². The number of carbonyl (C=O) groups is 1. The molecule has 2 aromatic rings. The number of nitrogens with one attached hydrogen (secondary N) is 1. The third-order valence-electron chi connectivity index (χ3n) is 5.89. The zero-order chi connectivity index (χ0) is 20.3. The topological polar surface area (TPSA) is 93.7 Å². The van der Waals surface area contributed by atoms with Crippen molar-refractivity contribution < 1.29 is 4.79 Å². The van der Waals surface area contributed by atoms with Crippen LogP contribution >= 0.6 is 0 Å². The van der Waals surface area contributed by atoms with E-state index < -0.39 is 5.54 Å². The van der Waals surface area contributed by atoms with Gasteiger partial charge < -0.3 is 5.32 Å². The summed E-state index contributed by atoms with van der Waals surface area (Å²) in [6.45, 7) is 4.13. The number of piperazine rings is 1. The molecule has 1 amide bonds. The molecule has 1 aliphatic carbocycles. The van der Waals surface area contributed by atoms with E-state index in [1.54, 1.807) is 16.7 Å². The Bertz CT molecular complexity index is 981. The molecule has 0 bridgehead atoms. The van der Waals surface area contributed by atoms with E-state index in [9.17, 15) is 14.9 Å². The Labute approximate surface area is 169 Å². The minimum absolute atomic E-state index is 0.0638. The molecule has 0 atom stereocenters. The summed E-state index contributed by atoms with van der Waals surface area (Å²) >= 11 is 0. The maximum Gasteiger partial charge on any atom is 0.258 e. The predicted molar refractivity (Wildman–Crippen MR) is 108 cm³/mol. The Hall–Kier alpha value is -2.76. The van der Waals surface area contributed by atoms with Gasteiger partial charge in [0.25, 0.3) is 5.56 Å². The Morgan fingerprint density at radius 1 is 1.17 bits per heavy atom. The van der Waals surface area contributed by atoms with Gasteiger partial charge in [-0.25, -0.2) is 4.98 Å². The molecule has 2 aliphatic rings. The zero-order valence-electron chi connectivity index (χ0n) is 16.5. The minimum atomic E-state index is -0.658. The highest BCUT2D eigenvalue weighted by Crippen LogP contribution is 2.28. The summed E-state index contributed by atoms with van der Waals surface area (Å²) in [6.07, 6.45) is 5.22. The summed E-state index contributed by atoms with van der Waals surface area (Å²) in [7, 11) is 0. The molecule has 152 valence electrons. The summed E-state index contributed by atoms with van der Waals surface area (Å²) in [5, 5.41) is 12.4. The maximum absolute atomic E-state index is 12.4. The molecule has 0 spiro atoms. The Morgan fingerprint density at radius 3 is 2.62 bits per heavy atom. The lowest BCUT2D eigenvalue weighted by Crippen LogP contribution is -2.52. The highest BCUT2D eigenvalue weighted by molar-refractivity contribution is 5.79. The summed E-state index contributed by atoms with van der Waals surface area (Å²) in [4.78, 5) is 33.6. The number of fused-ring (bicyclic) bond motifs is 1. The van der Waals surface area contributed by atoms with Gasteiger partial charge in [0.05, 0.1) is 18.3 Å². The molecular weight excluding hydrogens is 368 g/mol. The summed E-state index contributed by atoms with van der Waals surface area (Å²) in [5.41, 5.74) is 0.696. The SMILES string of the molecule is N#CC1(NC(=O)CN2CCN(Cc3cc(=O)n4ccccc4n3)CC2)CCCC1. The van der Waals surface area contributed by atoms with Crippen molar-refractivity contribution in [3.05, 3.63) is 46.5 Å². The standard InChI is InChI=1S/C21H26N6O2/c22-16-21(6-2-3-7-21)24-19(28)15-26-11-9-25(10-12-26)14-17-13-20(29)27-8-4-1-5-18(27)23-17/h1,4-5,8,13H,2-3,6-7,9-12,14-15H2,(H,24,28). The molecule has 29 heavy (non-hydrogen) atoms. The fraction of sp³-hybridized carbons (Fsp3) is 0.524. The van der Waals surface area contributed by atoms with Gasteiger partial charge in [-0.3, -0.25) is 23.8 Å². The van der Waals surface area contributed by atoms with Crippen molar-refractivity contribution in [3.8, 4) is 6.07 Å². The molecule has 2 aromatic heterocycles. The first-order chi connectivity index (χ1) is 14.1. The maximum atomic E-state index is 12.4. The molecule has 3 heterocycles. The van der Waals surface area contributed by atoms with E-state index in [2.05, 4.69) is 26.2 Å². The van der Waals surface area contributed by atoms with Gasteiger partial charge in [0.2, 0.25) is 5.91 Å². The van der Waals surface area contributed by atoms with Gasteiger partial charge in [0.15, 0.2) is 0 Å². The second-order valence-corrected chi connectivity index (χ2v) is 8.02. The smallest absolute Gasteiger partial charge is 0.258 e. The Morgan fingerprint density at radius 2 is 1.90 bits per heavy atom.